The molecule has 4 heteroatoms. The minimum Gasteiger partial charge on any atom is -0.380 e. The van der Waals surface area contributed by atoms with Gasteiger partial charge in [0.1, 0.15) is 0 Å². The van der Waals surface area contributed by atoms with Gasteiger partial charge in [-0.25, -0.2) is 0 Å². The molecule has 0 saturated heterocycles. The Hall–Kier alpha value is -1.03. The molecule has 0 spiro atoms. The predicted molar refractivity (Wildman–Crippen MR) is 81.7 cm³/mol. The van der Waals surface area contributed by atoms with Gasteiger partial charge in [0.25, 0.3) is 0 Å². The smallest absolute Gasteiger partial charge is 0.221 e. The van der Waals surface area contributed by atoms with Crippen LogP contribution in [0.5, 0.6) is 0 Å². The number of carbonyl (C=O) groups is 1. The summed E-state index contributed by atoms with van der Waals surface area (Å²) in [5, 5.41) is 4.35. The quantitative estimate of drug-likeness (QED) is 0.894. The molecule has 1 aliphatic carbocycles. The van der Waals surface area contributed by atoms with Crippen LogP contribution in [0.25, 0.3) is 0 Å². The Labute approximate surface area is 119 Å². The number of anilines is 1. The van der Waals surface area contributed by atoms with Gasteiger partial charge in [-0.15, -0.1) is 11.3 Å². The molecule has 19 heavy (non-hydrogen) atoms. The predicted octanol–water partition coefficient (Wildman–Crippen LogP) is 2.97. The highest BCUT2D eigenvalue weighted by Crippen LogP contribution is 2.44. The lowest BCUT2D eigenvalue weighted by molar-refractivity contribution is -0.117. The third-order valence-corrected chi connectivity index (χ3v) is 5.49. The summed E-state index contributed by atoms with van der Waals surface area (Å²) in [7, 11) is 1.92. The Morgan fingerprint density at radius 2 is 2.16 bits per heavy atom. The second kappa shape index (κ2) is 5.16. The molecular weight excluding hydrogens is 256 g/mol. The Balaban J connectivity index is 2.32. The van der Waals surface area contributed by atoms with Crippen molar-refractivity contribution in [2.45, 2.75) is 46.5 Å². The first kappa shape index (κ1) is 14.4. The van der Waals surface area contributed by atoms with E-state index in [1.54, 1.807) is 11.3 Å². The van der Waals surface area contributed by atoms with Crippen molar-refractivity contribution in [3.8, 4) is 0 Å². The van der Waals surface area contributed by atoms with Gasteiger partial charge >= 0.3 is 0 Å². The number of thiophene rings is 1. The number of nitrogens with two attached hydrogens (primary N) is 1. The van der Waals surface area contributed by atoms with Crippen LogP contribution in [0.15, 0.2) is 0 Å². The number of hydrogen-bond acceptors (Lipinski definition) is 3. The van der Waals surface area contributed by atoms with Gasteiger partial charge in [-0.2, -0.15) is 0 Å². The maximum atomic E-state index is 11.2. The summed E-state index contributed by atoms with van der Waals surface area (Å²) in [6.07, 6.45) is 3.79. The molecule has 1 aromatic heterocycles. The maximum Gasteiger partial charge on any atom is 0.221 e. The van der Waals surface area contributed by atoms with Crippen LogP contribution < -0.4 is 11.1 Å². The summed E-state index contributed by atoms with van der Waals surface area (Å²) in [5.74, 6) is 0.486. The first-order valence-corrected chi connectivity index (χ1v) is 7.74. The van der Waals surface area contributed by atoms with Gasteiger partial charge in [0.15, 0.2) is 0 Å². The van der Waals surface area contributed by atoms with Crippen molar-refractivity contribution in [3.63, 3.8) is 0 Å². The molecule has 1 atom stereocenters. The molecule has 1 aliphatic rings. The zero-order valence-electron chi connectivity index (χ0n) is 12.3. The molecule has 0 aromatic carbocycles. The average Bonchev–Trinajstić information content (AvgIpc) is 2.65. The van der Waals surface area contributed by atoms with E-state index in [4.69, 9.17) is 5.73 Å². The lowest BCUT2D eigenvalue weighted by Gasteiger charge is -2.34. The Morgan fingerprint density at radius 3 is 2.68 bits per heavy atom. The van der Waals surface area contributed by atoms with E-state index in [0.717, 1.165) is 29.3 Å². The fourth-order valence-electron chi connectivity index (χ4n) is 2.95. The summed E-state index contributed by atoms with van der Waals surface area (Å²) >= 11 is 1.80. The van der Waals surface area contributed by atoms with E-state index in [-0.39, 0.29) is 5.91 Å². The minimum atomic E-state index is -0.241. The van der Waals surface area contributed by atoms with Crippen molar-refractivity contribution in [1.29, 1.82) is 0 Å². The summed E-state index contributed by atoms with van der Waals surface area (Å²) in [4.78, 5) is 12.7. The lowest BCUT2D eigenvalue weighted by atomic mass is 9.72. The molecule has 1 amide bonds. The fourth-order valence-corrected chi connectivity index (χ4v) is 4.25. The van der Waals surface area contributed by atoms with E-state index in [9.17, 15) is 4.79 Å². The van der Waals surface area contributed by atoms with Crippen molar-refractivity contribution in [3.05, 3.63) is 16.0 Å². The van der Waals surface area contributed by atoms with Crippen molar-refractivity contribution in [2.75, 3.05) is 12.4 Å². The number of fused-ring (bicyclic) bond motifs is 1. The number of rotatable bonds is 3. The molecule has 0 radical (unpaired) electrons. The number of carbonyl (C=O) groups excluding carboxylic acids is 1. The van der Waals surface area contributed by atoms with Gasteiger partial charge in [0.2, 0.25) is 5.91 Å². The van der Waals surface area contributed by atoms with E-state index in [1.165, 1.54) is 16.9 Å². The first-order chi connectivity index (χ1) is 8.82. The molecule has 0 saturated carbocycles. The summed E-state index contributed by atoms with van der Waals surface area (Å²) in [6.45, 7) is 6.96. The van der Waals surface area contributed by atoms with Crippen LogP contribution in [-0.2, 0) is 24.1 Å². The molecule has 0 bridgehead atoms. The Morgan fingerprint density at radius 1 is 1.47 bits per heavy atom. The maximum absolute atomic E-state index is 11.2. The summed E-state index contributed by atoms with van der Waals surface area (Å²) in [5.41, 5.74) is 8.25. The average molecular weight is 280 g/mol. The molecule has 1 aromatic rings. The number of hydrogen-bond donors (Lipinski definition) is 2. The standard InChI is InChI=1S/C15H24N2OS/c1-15(2,3)9-5-6-10-11(8-13(16)18)14(17-4)19-12(10)7-9/h9,17H,5-8H2,1-4H3,(H2,16,18). The SMILES string of the molecule is CNc1sc2c(c1CC(N)=O)CCC(C(C)(C)C)C2. The zero-order valence-corrected chi connectivity index (χ0v) is 13.1. The molecular formula is C15H24N2OS. The molecule has 2 rings (SSSR count). The minimum absolute atomic E-state index is 0.241. The van der Waals surface area contributed by atoms with Gasteiger partial charge in [-0.05, 0) is 41.7 Å². The molecule has 0 aliphatic heterocycles. The van der Waals surface area contributed by atoms with Crippen molar-refractivity contribution in [2.24, 2.45) is 17.1 Å². The monoisotopic (exact) mass is 280 g/mol. The van der Waals surface area contributed by atoms with Gasteiger partial charge < -0.3 is 11.1 Å². The van der Waals surface area contributed by atoms with E-state index >= 15 is 0 Å². The van der Waals surface area contributed by atoms with Crippen LogP contribution >= 0.6 is 11.3 Å². The highest BCUT2D eigenvalue weighted by molar-refractivity contribution is 7.16. The number of primary amides is 1. The van der Waals surface area contributed by atoms with Crippen LogP contribution in [0, 0.1) is 11.3 Å². The Kier molecular flexibility index (Phi) is 3.90. The van der Waals surface area contributed by atoms with E-state index in [1.807, 2.05) is 7.05 Å². The summed E-state index contributed by atoms with van der Waals surface area (Å²) in [6, 6.07) is 0. The normalized spacial score (nSPS) is 19.1. The van der Waals surface area contributed by atoms with Crippen molar-refractivity contribution >= 4 is 22.2 Å². The third-order valence-electron chi connectivity index (χ3n) is 4.18. The van der Waals surface area contributed by atoms with Crippen LogP contribution in [-0.4, -0.2) is 13.0 Å². The largest absolute Gasteiger partial charge is 0.380 e. The molecule has 106 valence electrons. The first-order valence-electron chi connectivity index (χ1n) is 6.92. The zero-order chi connectivity index (χ0) is 14.2. The third kappa shape index (κ3) is 2.94. The van der Waals surface area contributed by atoms with Gasteiger partial charge in [0.05, 0.1) is 11.4 Å². The molecule has 3 nitrogen and oxygen atoms in total. The fraction of sp³-hybridized carbons (Fsp3) is 0.667. The Bertz CT molecular complexity index is 485. The molecule has 0 fully saturated rings. The highest BCUT2D eigenvalue weighted by Gasteiger charge is 2.32. The van der Waals surface area contributed by atoms with Crippen molar-refractivity contribution in [1.82, 2.24) is 0 Å². The molecule has 1 heterocycles. The lowest BCUT2D eigenvalue weighted by Crippen LogP contribution is -2.26. The molecule has 3 N–H and O–H groups in total. The van der Waals surface area contributed by atoms with Crippen LogP contribution in [0.2, 0.25) is 0 Å². The number of nitrogens with one attached hydrogen (secondary N) is 1. The van der Waals surface area contributed by atoms with E-state index in [0.29, 0.717) is 11.8 Å². The van der Waals surface area contributed by atoms with Crippen LogP contribution in [0.1, 0.15) is 43.2 Å². The highest BCUT2D eigenvalue weighted by atomic mass is 32.1. The van der Waals surface area contributed by atoms with Crippen LogP contribution in [0.4, 0.5) is 5.00 Å². The van der Waals surface area contributed by atoms with Crippen LogP contribution in [0.3, 0.4) is 0 Å². The van der Waals surface area contributed by atoms with Gasteiger partial charge in [0, 0.05) is 11.9 Å². The van der Waals surface area contributed by atoms with E-state index in [2.05, 4.69) is 26.1 Å². The van der Waals surface area contributed by atoms with E-state index < -0.39 is 0 Å². The molecule has 1 unspecified atom stereocenters. The topological polar surface area (TPSA) is 55.1 Å². The number of amides is 1. The second-order valence-electron chi connectivity index (χ2n) is 6.51. The summed E-state index contributed by atoms with van der Waals surface area (Å²) < 4.78 is 0. The van der Waals surface area contributed by atoms with Gasteiger partial charge in [-0.1, -0.05) is 20.8 Å². The van der Waals surface area contributed by atoms with Crippen molar-refractivity contribution < 1.29 is 4.79 Å². The van der Waals surface area contributed by atoms with Gasteiger partial charge in [-0.3, -0.25) is 4.79 Å². The second-order valence-corrected chi connectivity index (χ2v) is 7.62.